The first kappa shape index (κ1) is 10.4. The Labute approximate surface area is 89.7 Å². The predicted molar refractivity (Wildman–Crippen MR) is 60.3 cm³/mol. The molecular weight excluding hydrogens is 212 g/mol. The van der Waals surface area contributed by atoms with Crippen molar-refractivity contribution in [3.05, 3.63) is 29.8 Å². The molecule has 0 bridgehead atoms. The summed E-state index contributed by atoms with van der Waals surface area (Å²) in [5.41, 5.74) is 7.20. The van der Waals surface area contributed by atoms with Crippen LogP contribution in [0.25, 0.3) is 0 Å². The van der Waals surface area contributed by atoms with Gasteiger partial charge in [0, 0.05) is 13.1 Å². The summed E-state index contributed by atoms with van der Waals surface area (Å²) in [4.78, 5) is 0. The molecule has 82 valence electrons. The van der Waals surface area contributed by atoms with Gasteiger partial charge in [0.15, 0.2) is 0 Å². The molecule has 1 heterocycles. The third-order valence-electron chi connectivity index (χ3n) is 2.56. The first-order valence-corrected chi connectivity index (χ1v) is 6.54. The third kappa shape index (κ3) is 1.85. The summed E-state index contributed by atoms with van der Waals surface area (Å²) in [6.45, 7) is 0.711. The lowest BCUT2D eigenvalue weighted by atomic mass is 10.2. The normalized spacial score (nSPS) is 15.4. The van der Waals surface area contributed by atoms with Crippen molar-refractivity contribution >= 4 is 15.7 Å². The Morgan fingerprint density at radius 2 is 2.07 bits per heavy atom. The lowest BCUT2D eigenvalue weighted by Gasteiger charge is -2.18. The molecule has 0 aliphatic carbocycles. The molecule has 0 amide bonds. The van der Waals surface area contributed by atoms with Gasteiger partial charge >= 0.3 is 0 Å². The molecule has 0 spiro atoms. The van der Waals surface area contributed by atoms with E-state index in [2.05, 4.69) is 0 Å². The second-order valence-electron chi connectivity index (χ2n) is 3.56. The molecule has 0 aromatic heterocycles. The quantitative estimate of drug-likeness (QED) is 0.808. The van der Waals surface area contributed by atoms with Gasteiger partial charge in [0.1, 0.15) is 0 Å². The minimum atomic E-state index is -3.22. The van der Waals surface area contributed by atoms with Crippen molar-refractivity contribution in [2.75, 3.05) is 23.1 Å². The van der Waals surface area contributed by atoms with E-state index in [1.807, 2.05) is 24.3 Å². The molecule has 0 atom stereocenters. The lowest BCUT2D eigenvalue weighted by molar-refractivity contribution is 0.592. The Morgan fingerprint density at radius 3 is 2.80 bits per heavy atom. The van der Waals surface area contributed by atoms with E-state index in [1.54, 1.807) is 0 Å². The molecule has 0 unspecified atom stereocenters. The zero-order valence-electron chi connectivity index (χ0n) is 8.39. The van der Waals surface area contributed by atoms with Gasteiger partial charge in [-0.25, -0.2) is 8.42 Å². The fourth-order valence-corrected chi connectivity index (χ4v) is 3.22. The second kappa shape index (κ2) is 3.83. The monoisotopic (exact) mass is 226 g/mol. The number of para-hydroxylation sites is 1. The average molecular weight is 226 g/mol. The first-order chi connectivity index (χ1) is 7.15. The molecule has 1 aromatic rings. The highest BCUT2D eigenvalue weighted by Crippen LogP contribution is 2.29. The average Bonchev–Trinajstić information content (AvgIpc) is 2.61. The van der Waals surface area contributed by atoms with Crippen LogP contribution in [0.15, 0.2) is 24.3 Å². The minimum absolute atomic E-state index is 0.0152. The van der Waals surface area contributed by atoms with Gasteiger partial charge in [-0.05, 0) is 18.1 Å². The number of hydrogen-bond acceptors (Lipinski definition) is 3. The van der Waals surface area contributed by atoms with Crippen LogP contribution in [0.1, 0.15) is 5.56 Å². The van der Waals surface area contributed by atoms with Crippen molar-refractivity contribution in [3.63, 3.8) is 0 Å². The Bertz CT molecular complexity index is 456. The standard InChI is InChI=1S/C10H14N2O2S/c11-6-8-15(13,14)12-7-5-9-3-1-2-4-10(9)12/h1-4H,5-8,11H2. The van der Waals surface area contributed by atoms with E-state index >= 15 is 0 Å². The summed E-state index contributed by atoms with van der Waals surface area (Å²) in [6, 6.07) is 7.59. The fourth-order valence-electron chi connectivity index (χ4n) is 1.86. The number of fused-ring (bicyclic) bond motifs is 1. The summed E-state index contributed by atoms with van der Waals surface area (Å²) in [5, 5.41) is 0. The molecule has 1 aromatic carbocycles. The second-order valence-corrected chi connectivity index (χ2v) is 5.57. The molecule has 2 N–H and O–H groups in total. The van der Waals surface area contributed by atoms with Gasteiger partial charge in [-0.15, -0.1) is 0 Å². The summed E-state index contributed by atoms with van der Waals surface area (Å²) in [6.07, 6.45) is 0.792. The predicted octanol–water partition coefficient (Wildman–Crippen LogP) is 0.338. The minimum Gasteiger partial charge on any atom is -0.329 e. The van der Waals surface area contributed by atoms with E-state index in [1.165, 1.54) is 4.31 Å². The van der Waals surface area contributed by atoms with Crippen molar-refractivity contribution in [3.8, 4) is 0 Å². The summed E-state index contributed by atoms with van der Waals surface area (Å²) in [5.74, 6) is 0.0152. The number of nitrogens with two attached hydrogens (primary N) is 1. The molecule has 1 aliphatic rings. The highest BCUT2D eigenvalue weighted by atomic mass is 32.2. The van der Waals surface area contributed by atoms with Crippen molar-refractivity contribution < 1.29 is 8.42 Å². The van der Waals surface area contributed by atoms with E-state index in [-0.39, 0.29) is 12.3 Å². The zero-order chi connectivity index (χ0) is 10.9. The van der Waals surface area contributed by atoms with Crippen LogP contribution in [0, 0.1) is 0 Å². The van der Waals surface area contributed by atoms with Gasteiger partial charge in [0.05, 0.1) is 11.4 Å². The lowest BCUT2D eigenvalue weighted by Crippen LogP contribution is -2.33. The SMILES string of the molecule is NCCS(=O)(=O)N1CCc2ccccc21. The topological polar surface area (TPSA) is 63.4 Å². The largest absolute Gasteiger partial charge is 0.329 e. The van der Waals surface area contributed by atoms with E-state index in [4.69, 9.17) is 5.73 Å². The molecule has 4 nitrogen and oxygen atoms in total. The summed E-state index contributed by atoms with van der Waals surface area (Å²) in [7, 11) is -3.22. The van der Waals surface area contributed by atoms with Gasteiger partial charge in [-0.1, -0.05) is 18.2 Å². The van der Waals surface area contributed by atoms with Crippen molar-refractivity contribution in [1.29, 1.82) is 0 Å². The number of nitrogens with zero attached hydrogens (tertiary/aromatic N) is 1. The van der Waals surface area contributed by atoms with Crippen molar-refractivity contribution in [2.24, 2.45) is 5.73 Å². The summed E-state index contributed by atoms with van der Waals surface area (Å²) < 4.78 is 25.2. The van der Waals surface area contributed by atoms with Crippen LogP contribution < -0.4 is 10.0 Å². The van der Waals surface area contributed by atoms with Crippen LogP contribution in [0.3, 0.4) is 0 Å². The molecule has 0 saturated carbocycles. The number of sulfonamides is 1. The van der Waals surface area contributed by atoms with Crippen LogP contribution in [0.2, 0.25) is 0 Å². The number of anilines is 1. The zero-order valence-corrected chi connectivity index (χ0v) is 9.20. The van der Waals surface area contributed by atoms with Gasteiger partial charge in [0.2, 0.25) is 10.0 Å². The van der Waals surface area contributed by atoms with Gasteiger partial charge in [-0.3, -0.25) is 4.31 Å². The smallest absolute Gasteiger partial charge is 0.236 e. The maximum Gasteiger partial charge on any atom is 0.236 e. The molecule has 1 aliphatic heterocycles. The fraction of sp³-hybridized carbons (Fsp3) is 0.400. The number of hydrogen-bond donors (Lipinski definition) is 1. The van der Waals surface area contributed by atoms with Crippen molar-refractivity contribution in [2.45, 2.75) is 6.42 Å². The van der Waals surface area contributed by atoms with Crippen LogP contribution >= 0.6 is 0 Å². The number of rotatable bonds is 3. The van der Waals surface area contributed by atoms with Gasteiger partial charge in [0.25, 0.3) is 0 Å². The Hall–Kier alpha value is -1.07. The van der Waals surface area contributed by atoms with E-state index in [0.717, 1.165) is 17.7 Å². The van der Waals surface area contributed by atoms with E-state index in [9.17, 15) is 8.42 Å². The highest BCUT2D eigenvalue weighted by molar-refractivity contribution is 7.92. The molecule has 0 radical (unpaired) electrons. The van der Waals surface area contributed by atoms with E-state index in [0.29, 0.717) is 6.54 Å². The molecule has 5 heteroatoms. The van der Waals surface area contributed by atoms with Gasteiger partial charge < -0.3 is 5.73 Å². The first-order valence-electron chi connectivity index (χ1n) is 4.93. The molecular formula is C10H14N2O2S. The van der Waals surface area contributed by atoms with E-state index < -0.39 is 10.0 Å². The highest BCUT2D eigenvalue weighted by Gasteiger charge is 2.27. The Balaban J connectivity index is 2.36. The number of benzene rings is 1. The molecule has 0 fully saturated rings. The maximum absolute atomic E-state index is 11.8. The van der Waals surface area contributed by atoms with Crippen LogP contribution in [-0.2, 0) is 16.4 Å². The van der Waals surface area contributed by atoms with Gasteiger partial charge in [-0.2, -0.15) is 0 Å². The Kier molecular flexibility index (Phi) is 2.67. The maximum atomic E-state index is 11.8. The van der Waals surface area contributed by atoms with Crippen LogP contribution in [0.5, 0.6) is 0 Å². The summed E-state index contributed by atoms with van der Waals surface area (Å²) >= 11 is 0. The molecule has 15 heavy (non-hydrogen) atoms. The van der Waals surface area contributed by atoms with Crippen molar-refractivity contribution in [1.82, 2.24) is 0 Å². The Morgan fingerprint density at radius 1 is 1.33 bits per heavy atom. The molecule has 2 rings (SSSR count). The molecule has 0 saturated heterocycles. The van der Waals surface area contributed by atoms with Crippen LogP contribution in [0.4, 0.5) is 5.69 Å². The van der Waals surface area contributed by atoms with Crippen LogP contribution in [-0.4, -0.2) is 27.3 Å². The third-order valence-corrected chi connectivity index (χ3v) is 4.36.